The predicted molar refractivity (Wildman–Crippen MR) is 93.2 cm³/mol. The van der Waals surface area contributed by atoms with E-state index in [1.807, 2.05) is 17.8 Å². The molecule has 2 aliphatic rings. The van der Waals surface area contributed by atoms with Crippen LogP contribution in [0.3, 0.4) is 0 Å². The first-order chi connectivity index (χ1) is 10.8. The van der Waals surface area contributed by atoms with Crippen LogP contribution in [0.2, 0.25) is 0 Å². The van der Waals surface area contributed by atoms with Gasteiger partial charge in [0.15, 0.2) is 5.96 Å². The zero-order chi connectivity index (χ0) is 15.2. The van der Waals surface area contributed by atoms with Crippen LogP contribution in [0.15, 0.2) is 35.3 Å². The minimum atomic E-state index is 0.156. The molecule has 0 aromatic heterocycles. The average Bonchev–Trinajstić information content (AvgIpc) is 2.61. The maximum Gasteiger partial charge on any atom is 0.191 e. The molecule has 120 valence electrons. The first-order valence-corrected chi connectivity index (χ1v) is 9.29. The van der Waals surface area contributed by atoms with Crippen LogP contribution in [0.5, 0.6) is 0 Å². The Balaban J connectivity index is 1.64. The number of guanidine groups is 1. The molecule has 0 spiro atoms. The summed E-state index contributed by atoms with van der Waals surface area (Å²) >= 11 is 1.99. The first-order valence-electron chi connectivity index (χ1n) is 8.14. The molecular formula is C17H25N3OS. The highest BCUT2D eigenvalue weighted by Gasteiger charge is 2.27. The molecular weight excluding hydrogens is 294 g/mol. The Kier molecular flexibility index (Phi) is 5.62. The lowest BCUT2D eigenvalue weighted by Gasteiger charge is -2.32. The standard InChI is InChI=1S/C17H25N3OS/c18-17(20-8-11-22-12-9-20)19-13-15-7-4-10-21-16(15)14-5-2-1-3-6-14/h1-3,5-6,15-16H,4,7-13H2,(H2,18,19). The Labute approximate surface area is 137 Å². The summed E-state index contributed by atoms with van der Waals surface area (Å²) in [5, 5.41) is 0. The Morgan fingerprint density at radius 1 is 1.27 bits per heavy atom. The SMILES string of the molecule is NC(=NCC1CCCOC1c1ccccc1)N1CCSCC1. The van der Waals surface area contributed by atoms with Crippen LogP contribution in [-0.2, 0) is 4.74 Å². The van der Waals surface area contributed by atoms with Crippen LogP contribution < -0.4 is 5.73 Å². The van der Waals surface area contributed by atoms with E-state index >= 15 is 0 Å². The fraction of sp³-hybridized carbons (Fsp3) is 0.588. The number of rotatable bonds is 3. The van der Waals surface area contributed by atoms with Gasteiger partial charge in [0.2, 0.25) is 0 Å². The number of nitrogens with two attached hydrogens (primary N) is 1. The summed E-state index contributed by atoms with van der Waals surface area (Å²) < 4.78 is 6.03. The van der Waals surface area contributed by atoms with Gasteiger partial charge in [-0.3, -0.25) is 4.99 Å². The highest BCUT2D eigenvalue weighted by atomic mass is 32.2. The van der Waals surface area contributed by atoms with Crippen molar-refractivity contribution in [3.05, 3.63) is 35.9 Å². The second kappa shape index (κ2) is 7.88. The van der Waals surface area contributed by atoms with Gasteiger partial charge in [-0.1, -0.05) is 30.3 Å². The Hall–Kier alpha value is -1.20. The molecule has 22 heavy (non-hydrogen) atoms. The molecule has 2 unspecified atom stereocenters. The molecule has 0 saturated carbocycles. The molecule has 1 aromatic rings. The molecule has 1 aromatic carbocycles. The van der Waals surface area contributed by atoms with E-state index in [1.54, 1.807) is 0 Å². The summed E-state index contributed by atoms with van der Waals surface area (Å²) in [5.74, 6) is 3.43. The molecule has 3 rings (SSSR count). The third-order valence-electron chi connectivity index (χ3n) is 4.40. The molecule has 2 heterocycles. The van der Waals surface area contributed by atoms with Crippen LogP contribution in [0.25, 0.3) is 0 Å². The molecule has 2 atom stereocenters. The van der Waals surface area contributed by atoms with Gasteiger partial charge >= 0.3 is 0 Å². The number of nitrogens with zero attached hydrogens (tertiary/aromatic N) is 2. The Morgan fingerprint density at radius 2 is 2.05 bits per heavy atom. The van der Waals surface area contributed by atoms with Crippen molar-refractivity contribution in [1.29, 1.82) is 0 Å². The van der Waals surface area contributed by atoms with Gasteiger partial charge in [-0.2, -0.15) is 11.8 Å². The number of thioether (sulfide) groups is 1. The molecule has 0 bridgehead atoms. The van der Waals surface area contributed by atoms with Gasteiger partial charge < -0.3 is 15.4 Å². The van der Waals surface area contributed by atoms with Crippen molar-refractivity contribution >= 4 is 17.7 Å². The molecule has 2 aliphatic heterocycles. The van der Waals surface area contributed by atoms with Crippen LogP contribution in [0.1, 0.15) is 24.5 Å². The van der Waals surface area contributed by atoms with E-state index in [1.165, 1.54) is 5.56 Å². The normalized spacial score (nSPS) is 26.9. The van der Waals surface area contributed by atoms with E-state index in [4.69, 9.17) is 10.5 Å². The zero-order valence-electron chi connectivity index (χ0n) is 13.0. The van der Waals surface area contributed by atoms with Crippen molar-refractivity contribution in [3.63, 3.8) is 0 Å². The lowest BCUT2D eigenvalue weighted by Crippen LogP contribution is -2.43. The molecule has 2 N–H and O–H groups in total. The minimum Gasteiger partial charge on any atom is -0.373 e. The molecule has 0 radical (unpaired) electrons. The fourth-order valence-corrected chi connectivity index (χ4v) is 4.05. The lowest BCUT2D eigenvalue weighted by atomic mass is 9.89. The topological polar surface area (TPSA) is 50.9 Å². The van der Waals surface area contributed by atoms with E-state index in [-0.39, 0.29) is 6.10 Å². The van der Waals surface area contributed by atoms with Crippen molar-refractivity contribution in [2.75, 3.05) is 37.7 Å². The summed E-state index contributed by atoms with van der Waals surface area (Å²) in [6, 6.07) is 10.5. The van der Waals surface area contributed by atoms with Crippen molar-refractivity contribution < 1.29 is 4.74 Å². The largest absolute Gasteiger partial charge is 0.373 e. The van der Waals surface area contributed by atoms with Gasteiger partial charge in [0, 0.05) is 43.7 Å². The van der Waals surface area contributed by atoms with E-state index in [2.05, 4.69) is 34.2 Å². The third kappa shape index (κ3) is 3.96. The summed E-state index contributed by atoms with van der Waals surface area (Å²) in [6.07, 6.45) is 2.43. The molecule has 2 saturated heterocycles. The maximum atomic E-state index is 6.18. The summed E-state index contributed by atoms with van der Waals surface area (Å²) in [4.78, 5) is 6.88. The van der Waals surface area contributed by atoms with Crippen molar-refractivity contribution in [2.45, 2.75) is 18.9 Å². The van der Waals surface area contributed by atoms with E-state index < -0.39 is 0 Å². The molecule has 5 heteroatoms. The van der Waals surface area contributed by atoms with Gasteiger partial charge in [0.25, 0.3) is 0 Å². The van der Waals surface area contributed by atoms with Gasteiger partial charge in [-0.15, -0.1) is 0 Å². The van der Waals surface area contributed by atoms with E-state index in [0.717, 1.165) is 50.6 Å². The van der Waals surface area contributed by atoms with E-state index in [9.17, 15) is 0 Å². The monoisotopic (exact) mass is 319 g/mol. The fourth-order valence-electron chi connectivity index (χ4n) is 3.14. The number of benzene rings is 1. The Bertz CT molecular complexity index is 488. The third-order valence-corrected chi connectivity index (χ3v) is 5.34. The Morgan fingerprint density at radius 3 is 2.82 bits per heavy atom. The van der Waals surface area contributed by atoms with Crippen LogP contribution in [0, 0.1) is 5.92 Å². The second-order valence-corrected chi connectivity index (χ2v) is 7.13. The van der Waals surface area contributed by atoms with Gasteiger partial charge in [0.1, 0.15) is 0 Å². The quantitative estimate of drug-likeness (QED) is 0.687. The molecule has 4 nitrogen and oxygen atoms in total. The minimum absolute atomic E-state index is 0.156. The van der Waals surface area contributed by atoms with Crippen molar-refractivity contribution in [2.24, 2.45) is 16.6 Å². The van der Waals surface area contributed by atoms with Gasteiger partial charge in [-0.05, 0) is 18.4 Å². The average molecular weight is 319 g/mol. The maximum absolute atomic E-state index is 6.18. The zero-order valence-corrected chi connectivity index (χ0v) is 13.8. The van der Waals surface area contributed by atoms with Crippen LogP contribution in [-0.4, -0.2) is 48.6 Å². The molecule has 0 aliphatic carbocycles. The predicted octanol–water partition coefficient (Wildman–Crippen LogP) is 2.52. The summed E-state index contributed by atoms with van der Waals surface area (Å²) in [5.41, 5.74) is 7.44. The smallest absolute Gasteiger partial charge is 0.191 e. The van der Waals surface area contributed by atoms with Crippen LogP contribution >= 0.6 is 11.8 Å². The number of hydrogen-bond acceptors (Lipinski definition) is 3. The van der Waals surface area contributed by atoms with Crippen molar-refractivity contribution in [1.82, 2.24) is 4.90 Å². The number of hydrogen-bond donors (Lipinski definition) is 1. The number of aliphatic imine (C=N–C) groups is 1. The van der Waals surface area contributed by atoms with Gasteiger partial charge in [0.05, 0.1) is 6.10 Å². The lowest BCUT2D eigenvalue weighted by molar-refractivity contribution is -0.0250. The number of ether oxygens (including phenoxy) is 1. The highest BCUT2D eigenvalue weighted by Crippen LogP contribution is 2.33. The molecule has 0 amide bonds. The van der Waals surface area contributed by atoms with Crippen molar-refractivity contribution in [3.8, 4) is 0 Å². The second-order valence-electron chi connectivity index (χ2n) is 5.90. The first kappa shape index (κ1) is 15.7. The van der Waals surface area contributed by atoms with Crippen LogP contribution in [0.4, 0.5) is 0 Å². The summed E-state index contributed by atoms with van der Waals surface area (Å²) in [7, 11) is 0. The van der Waals surface area contributed by atoms with E-state index in [0.29, 0.717) is 11.9 Å². The summed E-state index contributed by atoms with van der Waals surface area (Å²) in [6.45, 7) is 3.64. The highest BCUT2D eigenvalue weighted by molar-refractivity contribution is 7.99. The molecule has 2 fully saturated rings. The van der Waals surface area contributed by atoms with Gasteiger partial charge in [-0.25, -0.2) is 0 Å².